The summed E-state index contributed by atoms with van der Waals surface area (Å²) in [5.74, 6) is -0.498. The maximum absolute atomic E-state index is 12.7. The van der Waals surface area contributed by atoms with E-state index in [0.29, 0.717) is 11.3 Å². The van der Waals surface area contributed by atoms with E-state index < -0.39 is 5.82 Å². The number of nitrogens with one attached hydrogen (secondary N) is 2. The summed E-state index contributed by atoms with van der Waals surface area (Å²) in [4.78, 5) is 0. The minimum Gasteiger partial charge on any atom is -0.507 e. The Morgan fingerprint density at radius 1 is 1.53 bits per heavy atom. The van der Waals surface area contributed by atoms with Crippen molar-refractivity contribution in [3.8, 4) is 5.75 Å². The number of halogens is 1. The van der Waals surface area contributed by atoms with E-state index >= 15 is 0 Å². The number of hydrogen-bond donors (Lipinski definition) is 3. The van der Waals surface area contributed by atoms with Crippen LogP contribution < -0.4 is 5.32 Å². The zero-order valence-corrected chi connectivity index (χ0v) is 8.26. The highest BCUT2D eigenvalue weighted by molar-refractivity contribution is 6.02. The third-order valence-electron chi connectivity index (χ3n) is 2.72. The molecule has 1 aromatic rings. The molecule has 1 fully saturated rings. The molecule has 3 nitrogen and oxygen atoms in total. The molecular formula is C11H13FN2O. The van der Waals surface area contributed by atoms with Crippen LogP contribution in [-0.2, 0) is 0 Å². The van der Waals surface area contributed by atoms with Crippen LogP contribution in [0.2, 0.25) is 0 Å². The average Bonchev–Trinajstić information content (AvgIpc) is 2.69. The molecule has 3 N–H and O–H groups in total. The molecule has 1 atom stereocenters. The van der Waals surface area contributed by atoms with Crippen LogP contribution in [0.5, 0.6) is 5.75 Å². The first-order chi connectivity index (χ1) is 7.18. The molecule has 0 spiro atoms. The molecule has 1 aliphatic rings. The molecule has 0 aromatic heterocycles. The van der Waals surface area contributed by atoms with Gasteiger partial charge in [0.2, 0.25) is 0 Å². The van der Waals surface area contributed by atoms with Gasteiger partial charge < -0.3 is 15.8 Å². The maximum Gasteiger partial charge on any atom is 0.127 e. The summed E-state index contributed by atoms with van der Waals surface area (Å²) in [5, 5.41) is 20.6. The Morgan fingerprint density at radius 2 is 2.33 bits per heavy atom. The maximum atomic E-state index is 12.7. The van der Waals surface area contributed by atoms with Crippen molar-refractivity contribution in [2.24, 2.45) is 5.92 Å². The fourth-order valence-electron chi connectivity index (χ4n) is 1.85. The zero-order chi connectivity index (χ0) is 10.8. The molecule has 0 saturated carbocycles. The molecule has 0 bridgehead atoms. The number of benzene rings is 1. The minimum absolute atomic E-state index is 0.126. The largest absolute Gasteiger partial charge is 0.507 e. The lowest BCUT2D eigenvalue weighted by Crippen LogP contribution is -2.18. The van der Waals surface area contributed by atoms with E-state index in [1.165, 1.54) is 12.1 Å². The molecule has 2 rings (SSSR count). The summed E-state index contributed by atoms with van der Waals surface area (Å²) < 4.78 is 12.7. The van der Waals surface area contributed by atoms with Gasteiger partial charge in [-0.05, 0) is 25.1 Å². The Hall–Kier alpha value is -1.42. The van der Waals surface area contributed by atoms with E-state index in [-0.39, 0.29) is 11.7 Å². The van der Waals surface area contributed by atoms with E-state index in [2.05, 4.69) is 5.32 Å². The minimum atomic E-state index is -0.478. The Balaban J connectivity index is 2.24. The Morgan fingerprint density at radius 3 is 2.93 bits per heavy atom. The molecule has 1 aromatic carbocycles. The van der Waals surface area contributed by atoms with Crippen molar-refractivity contribution in [2.45, 2.75) is 6.42 Å². The SMILES string of the molecule is N=C(c1ccc(F)cc1O)C1CCNC1. The number of phenolic OH excluding ortho intramolecular Hbond substituents is 1. The Kier molecular flexibility index (Phi) is 2.68. The molecule has 1 aliphatic heterocycles. The van der Waals surface area contributed by atoms with Gasteiger partial charge in [-0.1, -0.05) is 0 Å². The Bertz CT molecular complexity index is 386. The van der Waals surface area contributed by atoms with Gasteiger partial charge in [0.15, 0.2) is 0 Å². The second-order valence-corrected chi connectivity index (χ2v) is 3.76. The number of phenols is 1. The summed E-state index contributed by atoms with van der Waals surface area (Å²) >= 11 is 0. The van der Waals surface area contributed by atoms with E-state index in [9.17, 15) is 9.50 Å². The number of aromatic hydroxyl groups is 1. The first kappa shape index (κ1) is 10.1. The number of rotatable bonds is 2. The van der Waals surface area contributed by atoms with Gasteiger partial charge in [0.05, 0.1) is 0 Å². The zero-order valence-electron chi connectivity index (χ0n) is 8.26. The highest BCUT2D eigenvalue weighted by Crippen LogP contribution is 2.23. The summed E-state index contributed by atoms with van der Waals surface area (Å²) in [5.41, 5.74) is 0.822. The van der Waals surface area contributed by atoms with Gasteiger partial charge in [0.25, 0.3) is 0 Å². The normalized spacial score (nSPS) is 20.5. The first-order valence-corrected chi connectivity index (χ1v) is 4.96. The van der Waals surface area contributed by atoms with Crippen LogP contribution in [0.15, 0.2) is 18.2 Å². The highest BCUT2D eigenvalue weighted by Gasteiger charge is 2.22. The molecule has 1 saturated heterocycles. The van der Waals surface area contributed by atoms with Gasteiger partial charge in [-0.2, -0.15) is 0 Å². The van der Waals surface area contributed by atoms with Crippen LogP contribution in [-0.4, -0.2) is 23.9 Å². The van der Waals surface area contributed by atoms with Gasteiger partial charge in [0.1, 0.15) is 11.6 Å². The number of hydrogen-bond acceptors (Lipinski definition) is 3. The molecule has 15 heavy (non-hydrogen) atoms. The van der Waals surface area contributed by atoms with E-state index in [1.807, 2.05) is 0 Å². The monoisotopic (exact) mass is 208 g/mol. The molecular weight excluding hydrogens is 195 g/mol. The van der Waals surface area contributed by atoms with Gasteiger partial charge >= 0.3 is 0 Å². The fourth-order valence-corrected chi connectivity index (χ4v) is 1.85. The standard InChI is InChI=1S/C11H13FN2O/c12-8-1-2-9(10(15)5-8)11(13)7-3-4-14-6-7/h1-2,5,7,13-15H,3-4,6H2. The van der Waals surface area contributed by atoms with Crippen molar-refractivity contribution in [2.75, 3.05) is 13.1 Å². The third-order valence-corrected chi connectivity index (χ3v) is 2.72. The molecule has 0 aliphatic carbocycles. The molecule has 0 amide bonds. The molecule has 80 valence electrons. The van der Waals surface area contributed by atoms with Crippen LogP contribution in [0.1, 0.15) is 12.0 Å². The molecule has 1 unspecified atom stereocenters. The fraction of sp³-hybridized carbons (Fsp3) is 0.364. The van der Waals surface area contributed by atoms with Crippen LogP contribution in [0, 0.1) is 17.1 Å². The van der Waals surface area contributed by atoms with Crippen molar-refractivity contribution in [1.29, 1.82) is 5.41 Å². The lowest BCUT2D eigenvalue weighted by Gasteiger charge is -2.11. The predicted molar refractivity (Wildman–Crippen MR) is 55.9 cm³/mol. The van der Waals surface area contributed by atoms with Gasteiger partial charge in [0, 0.05) is 29.8 Å². The van der Waals surface area contributed by atoms with E-state index in [0.717, 1.165) is 25.6 Å². The van der Waals surface area contributed by atoms with Gasteiger partial charge in [-0.25, -0.2) is 4.39 Å². The lowest BCUT2D eigenvalue weighted by molar-refractivity contribution is 0.467. The van der Waals surface area contributed by atoms with Crippen LogP contribution in [0.4, 0.5) is 4.39 Å². The molecule has 0 radical (unpaired) electrons. The third kappa shape index (κ3) is 1.99. The first-order valence-electron chi connectivity index (χ1n) is 4.96. The lowest BCUT2D eigenvalue weighted by atomic mass is 9.95. The summed E-state index contributed by atoms with van der Waals surface area (Å²) in [7, 11) is 0. The van der Waals surface area contributed by atoms with Gasteiger partial charge in [-0.3, -0.25) is 0 Å². The van der Waals surface area contributed by atoms with Crippen molar-refractivity contribution >= 4 is 5.71 Å². The van der Waals surface area contributed by atoms with Crippen molar-refractivity contribution in [1.82, 2.24) is 5.32 Å². The molecule has 1 heterocycles. The van der Waals surface area contributed by atoms with Crippen molar-refractivity contribution < 1.29 is 9.50 Å². The van der Waals surface area contributed by atoms with Crippen LogP contribution in [0.25, 0.3) is 0 Å². The Labute approximate surface area is 87.4 Å². The molecule has 4 heteroatoms. The summed E-state index contributed by atoms with van der Waals surface area (Å²) in [6.07, 6.45) is 0.898. The van der Waals surface area contributed by atoms with Crippen LogP contribution >= 0.6 is 0 Å². The van der Waals surface area contributed by atoms with Crippen LogP contribution in [0.3, 0.4) is 0 Å². The van der Waals surface area contributed by atoms with E-state index in [1.54, 1.807) is 0 Å². The van der Waals surface area contributed by atoms with Gasteiger partial charge in [-0.15, -0.1) is 0 Å². The summed E-state index contributed by atoms with van der Waals surface area (Å²) in [6, 6.07) is 3.78. The predicted octanol–water partition coefficient (Wildman–Crippen LogP) is 1.51. The smallest absolute Gasteiger partial charge is 0.127 e. The second-order valence-electron chi connectivity index (χ2n) is 3.76. The average molecular weight is 208 g/mol. The quantitative estimate of drug-likeness (QED) is 0.645. The summed E-state index contributed by atoms with van der Waals surface area (Å²) in [6.45, 7) is 1.66. The highest BCUT2D eigenvalue weighted by atomic mass is 19.1. The topological polar surface area (TPSA) is 56.1 Å². The van der Waals surface area contributed by atoms with E-state index in [4.69, 9.17) is 5.41 Å². The van der Waals surface area contributed by atoms with Crippen molar-refractivity contribution in [3.05, 3.63) is 29.6 Å². The van der Waals surface area contributed by atoms with Crippen molar-refractivity contribution in [3.63, 3.8) is 0 Å². The second kappa shape index (κ2) is 3.98.